The summed E-state index contributed by atoms with van der Waals surface area (Å²) in [7, 11) is 4.46. The molecule has 0 fully saturated rings. The topological polar surface area (TPSA) is 75.3 Å². The van der Waals surface area contributed by atoms with Gasteiger partial charge in [0.15, 0.2) is 23.0 Å². The number of anilines is 1. The minimum absolute atomic E-state index is 0.274. The average Bonchev–Trinajstić information content (AvgIpc) is 2.67. The molecule has 7 nitrogen and oxygen atoms in total. The summed E-state index contributed by atoms with van der Waals surface area (Å²) >= 11 is 6.25. The molecule has 1 aliphatic rings. The third-order valence-corrected chi connectivity index (χ3v) is 4.14. The van der Waals surface area contributed by atoms with E-state index in [1.54, 1.807) is 24.3 Å². The Balaban J connectivity index is 1.93. The van der Waals surface area contributed by atoms with Gasteiger partial charge in [-0.25, -0.2) is 0 Å². The van der Waals surface area contributed by atoms with Crippen LogP contribution in [0.2, 0.25) is 5.02 Å². The van der Waals surface area contributed by atoms with Crippen LogP contribution in [-0.2, 0) is 0 Å². The molecule has 0 atom stereocenters. The fourth-order valence-electron chi connectivity index (χ4n) is 2.56. The van der Waals surface area contributed by atoms with Crippen LogP contribution in [0, 0.1) is 0 Å². The van der Waals surface area contributed by atoms with Gasteiger partial charge in [0.1, 0.15) is 19.0 Å². The van der Waals surface area contributed by atoms with E-state index in [0.29, 0.717) is 52.7 Å². The van der Waals surface area contributed by atoms with Crippen molar-refractivity contribution in [3.8, 4) is 28.7 Å². The molecule has 0 radical (unpaired) electrons. The van der Waals surface area contributed by atoms with Crippen LogP contribution in [0.5, 0.6) is 28.7 Å². The molecule has 26 heavy (non-hydrogen) atoms. The van der Waals surface area contributed by atoms with Crippen LogP contribution in [0.1, 0.15) is 10.4 Å². The molecular weight excluding hydrogens is 362 g/mol. The molecule has 0 spiro atoms. The quantitative estimate of drug-likeness (QED) is 0.858. The Morgan fingerprint density at radius 2 is 1.50 bits per heavy atom. The summed E-state index contributed by atoms with van der Waals surface area (Å²) in [5.41, 5.74) is 0.675. The molecule has 0 aromatic heterocycles. The number of nitrogens with one attached hydrogen (secondary N) is 1. The Bertz CT molecular complexity index is 839. The minimum Gasteiger partial charge on any atom is -0.496 e. The smallest absolute Gasteiger partial charge is 0.259 e. The van der Waals surface area contributed by atoms with Crippen LogP contribution >= 0.6 is 11.6 Å². The van der Waals surface area contributed by atoms with Gasteiger partial charge in [-0.3, -0.25) is 4.79 Å². The molecule has 1 aliphatic heterocycles. The largest absolute Gasteiger partial charge is 0.496 e. The number of hydrogen-bond donors (Lipinski definition) is 1. The van der Waals surface area contributed by atoms with E-state index in [1.165, 1.54) is 21.3 Å². The fourth-order valence-corrected chi connectivity index (χ4v) is 2.76. The van der Waals surface area contributed by atoms with Crippen molar-refractivity contribution in [2.75, 3.05) is 39.9 Å². The highest BCUT2D eigenvalue weighted by Gasteiger charge is 2.21. The molecule has 2 aromatic carbocycles. The summed E-state index contributed by atoms with van der Waals surface area (Å²) < 4.78 is 26.8. The summed E-state index contributed by atoms with van der Waals surface area (Å²) in [6, 6.07) is 6.36. The van der Waals surface area contributed by atoms with Crippen molar-refractivity contribution in [2.45, 2.75) is 0 Å². The molecule has 3 rings (SSSR count). The maximum Gasteiger partial charge on any atom is 0.259 e. The predicted molar refractivity (Wildman–Crippen MR) is 96.5 cm³/mol. The van der Waals surface area contributed by atoms with Crippen molar-refractivity contribution < 1.29 is 28.5 Å². The second kappa shape index (κ2) is 7.61. The van der Waals surface area contributed by atoms with Gasteiger partial charge in [0, 0.05) is 24.3 Å². The van der Waals surface area contributed by atoms with Gasteiger partial charge in [0.05, 0.1) is 37.6 Å². The highest BCUT2D eigenvalue weighted by atomic mass is 35.5. The predicted octanol–water partition coefficient (Wildman–Crippen LogP) is 3.39. The zero-order valence-corrected chi connectivity index (χ0v) is 15.3. The number of methoxy groups -OCH3 is 3. The molecule has 0 aliphatic carbocycles. The maximum atomic E-state index is 12.8. The number of benzene rings is 2. The van der Waals surface area contributed by atoms with Crippen molar-refractivity contribution in [1.82, 2.24) is 0 Å². The number of halogens is 1. The molecule has 1 heterocycles. The number of carbonyl (C=O) groups is 1. The van der Waals surface area contributed by atoms with Crippen molar-refractivity contribution in [3.63, 3.8) is 0 Å². The summed E-state index contributed by atoms with van der Waals surface area (Å²) in [4.78, 5) is 12.8. The second-order valence-electron chi connectivity index (χ2n) is 5.34. The maximum absolute atomic E-state index is 12.8. The first-order valence-electron chi connectivity index (χ1n) is 7.78. The molecule has 1 amide bonds. The first kappa shape index (κ1) is 18.0. The molecule has 138 valence electrons. The summed E-state index contributed by atoms with van der Waals surface area (Å²) in [5.74, 6) is 1.86. The second-order valence-corrected chi connectivity index (χ2v) is 5.74. The highest BCUT2D eigenvalue weighted by molar-refractivity contribution is 6.34. The van der Waals surface area contributed by atoms with Gasteiger partial charge in [0.2, 0.25) is 0 Å². The van der Waals surface area contributed by atoms with E-state index in [1.807, 2.05) is 0 Å². The lowest BCUT2D eigenvalue weighted by Crippen LogP contribution is -2.17. The number of carbonyl (C=O) groups excluding carboxylic acids is 1. The Morgan fingerprint density at radius 1 is 0.923 bits per heavy atom. The summed E-state index contributed by atoms with van der Waals surface area (Å²) in [6.07, 6.45) is 0. The SMILES string of the molecule is COc1cc(OC)c(C(=O)Nc2cc3c(cc2Cl)OCCO3)cc1OC. The van der Waals surface area contributed by atoms with Crippen LogP contribution in [0.3, 0.4) is 0 Å². The lowest BCUT2D eigenvalue weighted by atomic mass is 10.1. The highest BCUT2D eigenvalue weighted by Crippen LogP contribution is 2.39. The van der Waals surface area contributed by atoms with E-state index in [0.717, 1.165) is 0 Å². The monoisotopic (exact) mass is 379 g/mol. The van der Waals surface area contributed by atoms with Gasteiger partial charge in [-0.05, 0) is 0 Å². The van der Waals surface area contributed by atoms with Crippen molar-refractivity contribution in [1.29, 1.82) is 0 Å². The van der Waals surface area contributed by atoms with Crippen molar-refractivity contribution in [2.24, 2.45) is 0 Å². The van der Waals surface area contributed by atoms with E-state index in [2.05, 4.69) is 5.32 Å². The summed E-state index contributed by atoms with van der Waals surface area (Å²) in [6.45, 7) is 0.892. The molecule has 0 saturated carbocycles. The van der Waals surface area contributed by atoms with Crippen LogP contribution in [-0.4, -0.2) is 40.5 Å². The molecule has 0 unspecified atom stereocenters. The first-order valence-corrected chi connectivity index (χ1v) is 8.15. The van der Waals surface area contributed by atoms with Gasteiger partial charge in [0.25, 0.3) is 5.91 Å². The van der Waals surface area contributed by atoms with Gasteiger partial charge >= 0.3 is 0 Å². The van der Waals surface area contributed by atoms with Crippen LogP contribution in [0.4, 0.5) is 5.69 Å². The molecule has 0 bridgehead atoms. The van der Waals surface area contributed by atoms with E-state index >= 15 is 0 Å². The Morgan fingerprint density at radius 3 is 2.12 bits per heavy atom. The normalized spacial score (nSPS) is 12.3. The number of rotatable bonds is 5. The fraction of sp³-hybridized carbons (Fsp3) is 0.278. The molecule has 0 saturated heterocycles. The van der Waals surface area contributed by atoms with Gasteiger partial charge < -0.3 is 29.0 Å². The van der Waals surface area contributed by atoms with Gasteiger partial charge in [-0.15, -0.1) is 0 Å². The van der Waals surface area contributed by atoms with Crippen LogP contribution in [0.25, 0.3) is 0 Å². The van der Waals surface area contributed by atoms with Crippen molar-refractivity contribution >= 4 is 23.2 Å². The zero-order chi connectivity index (χ0) is 18.7. The standard InChI is InChI=1S/C18H18ClNO6/c1-22-13-9-15(24-3)14(23-2)6-10(13)18(21)20-12-8-17-16(7-11(12)19)25-4-5-26-17/h6-9H,4-5H2,1-3H3,(H,20,21). The van der Waals surface area contributed by atoms with E-state index in [-0.39, 0.29) is 5.56 Å². The van der Waals surface area contributed by atoms with E-state index in [9.17, 15) is 4.79 Å². The van der Waals surface area contributed by atoms with Gasteiger partial charge in [-0.1, -0.05) is 11.6 Å². The Hall–Kier alpha value is -2.80. The lowest BCUT2D eigenvalue weighted by Gasteiger charge is -2.20. The third-order valence-electron chi connectivity index (χ3n) is 3.83. The molecular formula is C18H18ClNO6. The third kappa shape index (κ3) is 3.43. The van der Waals surface area contributed by atoms with E-state index in [4.69, 9.17) is 35.3 Å². The zero-order valence-electron chi connectivity index (χ0n) is 14.6. The molecule has 8 heteroatoms. The van der Waals surface area contributed by atoms with Crippen LogP contribution < -0.4 is 29.0 Å². The first-order chi connectivity index (χ1) is 12.6. The number of fused-ring (bicyclic) bond motifs is 1. The van der Waals surface area contributed by atoms with E-state index < -0.39 is 5.91 Å². The number of amides is 1. The Kier molecular flexibility index (Phi) is 5.27. The number of hydrogen-bond acceptors (Lipinski definition) is 6. The lowest BCUT2D eigenvalue weighted by molar-refractivity contribution is 0.102. The van der Waals surface area contributed by atoms with Crippen molar-refractivity contribution in [3.05, 3.63) is 34.9 Å². The van der Waals surface area contributed by atoms with Gasteiger partial charge in [-0.2, -0.15) is 0 Å². The number of ether oxygens (including phenoxy) is 5. The Labute approximate surface area is 155 Å². The minimum atomic E-state index is -0.415. The molecule has 1 N–H and O–H groups in total. The summed E-state index contributed by atoms with van der Waals surface area (Å²) in [5, 5.41) is 3.09. The van der Waals surface area contributed by atoms with Crippen LogP contribution in [0.15, 0.2) is 24.3 Å². The molecule has 2 aromatic rings. The average molecular weight is 380 g/mol.